The molecule has 97 heavy (non-hydrogen) atoms. The molecule has 538 valence electrons. The number of phenolic OH excluding ortho intramolecular Hbond substituents is 1. The van der Waals surface area contributed by atoms with Crippen molar-refractivity contribution in [2.24, 2.45) is 78.4 Å². The Balaban J connectivity index is 1.92. The Kier molecular flexibility index (Phi) is 36.3. The van der Waals surface area contributed by atoms with Gasteiger partial charge in [-0.1, -0.05) is 76.6 Å². The van der Waals surface area contributed by atoms with Crippen LogP contribution >= 0.6 is 0 Å². The second-order valence-electron chi connectivity index (χ2n) is 24.3. The molecule has 0 aliphatic carbocycles. The van der Waals surface area contributed by atoms with Crippen LogP contribution in [0, 0.1) is 11.8 Å². The van der Waals surface area contributed by atoms with Crippen LogP contribution in [0.3, 0.4) is 0 Å². The zero-order chi connectivity index (χ0) is 72.1. The number of benzene rings is 2. The molecule has 28 N–H and O–H groups in total. The molecular weight excluding hydrogens is 1260 g/mol. The van der Waals surface area contributed by atoms with Gasteiger partial charge in [-0.25, -0.2) is 0 Å². The van der Waals surface area contributed by atoms with Crippen molar-refractivity contribution in [1.82, 2.24) is 52.8 Å². The summed E-state index contributed by atoms with van der Waals surface area (Å²) in [5.74, 6) is -9.84. The maximum absolute atomic E-state index is 14.8. The van der Waals surface area contributed by atoms with E-state index in [9.17, 15) is 57.8 Å². The van der Waals surface area contributed by atoms with E-state index >= 15 is 0 Å². The van der Waals surface area contributed by atoms with E-state index < -0.39 is 138 Å². The van der Waals surface area contributed by atoms with Crippen LogP contribution in [-0.4, -0.2) is 193 Å². The first kappa shape index (κ1) is 81.4. The van der Waals surface area contributed by atoms with Gasteiger partial charge in [-0.05, 0) is 125 Å². The lowest BCUT2D eigenvalue weighted by Crippen LogP contribution is -2.61. The number of rotatable bonds is 44. The van der Waals surface area contributed by atoms with Gasteiger partial charge in [-0.15, -0.1) is 0 Å². The first-order chi connectivity index (χ1) is 46.0. The summed E-state index contributed by atoms with van der Waals surface area (Å²) in [6, 6.07) is 3.47. The lowest BCUT2D eigenvalue weighted by molar-refractivity contribution is -0.142. The number of nitrogens with one attached hydrogen (secondary N) is 9. The van der Waals surface area contributed by atoms with Gasteiger partial charge in [0.2, 0.25) is 65.0 Å². The first-order valence-electron chi connectivity index (χ1n) is 32.7. The van der Waals surface area contributed by atoms with Crippen molar-refractivity contribution in [2.45, 2.75) is 178 Å². The van der Waals surface area contributed by atoms with E-state index in [-0.39, 0.29) is 126 Å². The number of unbranched alkanes of at least 4 members (excludes halogenated alkanes) is 1. The molecule has 0 unspecified atom stereocenters. The molecule has 1 aliphatic heterocycles. The van der Waals surface area contributed by atoms with Gasteiger partial charge in [0, 0.05) is 32.6 Å². The van der Waals surface area contributed by atoms with Crippen LogP contribution in [0.4, 0.5) is 0 Å². The third kappa shape index (κ3) is 31.1. The van der Waals surface area contributed by atoms with Gasteiger partial charge < -0.3 is 109 Å². The van der Waals surface area contributed by atoms with Gasteiger partial charge in [0.25, 0.3) is 0 Å². The SMILES string of the molecule is CC[C@H](C)[C@H](NC(=O)[C@H](CCCN=C(N)N)NC(=O)[C@H](CCCN=C(N)N)NC(=O)[C@H](CC(C)C)NC(=O)[C@H](Cc1ccccc1)NC(=O)CNC(=O)CNC(=O)[C@@H](N)Cc1ccc(O)cc1)C(=O)N[C@@H](CCCN=C(N)N)C(=O)N1CCC[C@@H]1C(=O)N[C@H](CCCCN)C(N)=O. The molecule has 2 aromatic carbocycles. The van der Waals surface area contributed by atoms with E-state index in [4.69, 9.17) is 51.6 Å². The number of hydrogen-bond donors (Lipinski definition) is 19. The number of aliphatic imine (C=N–C) groups is 3. The van der Waals surface area contributed by atoms with Crippen molar-refractivity contribution in [3.8, 4) is 5.75 Å². The quantitative estimate of drug-likeness (QED) is 0.0168. The lowest BCUT2D eigenvalue weighted by atomic mass is 9.96. The van der Waals surface area contributed by atoms with Gasteiger partial charge in [0.15, 0.2) is 17.9 Å². The average Bonchev–Trinajstić information content (AvgIpc) is 1.71. The molecule has 34 nitrogen and oxygen atoms in total. The van der Waals surface area contributed by atoms with Gasteiger partial charge in [0.1, 0.15) is 54.1 Å². The van der Waals surface area contributed by atoms with Crippen LogP contribution in [0.15, 0.2) is 69.6 Å². The molecule has 0 bridgehead atoms. The molecule has 1 fully saturated rings. The molecule has 0 saturated carbocycles. The lowest BCUT2D eigenvalue weighted by Gasteiger charge is -2.32. The summed E-state index contributed by atoms with van der Waals surface area (Å²) in [4.78, 5) is 166. The number of carbonyl (C=O) groups excluding carboxylic acids is 11. The Morgan fingerprint density at radius 3 is 1.57 bits per heavy atom. The number of nitrogens with two attached hydrogens (primary N) is 9. The first-order valence-corrected chi connectivity index (χ1v) is 32.7. The monoisotopic (exact) mass is 1360 g/mol. The van der Waals surface area contributed by atoms with Crippen molar-refractivity contribution in [3.63, 3.8) is 0 Å². The highest BCUT2D eigenvalue weighted by atomic mass is 16.3. The van der Waals surface area contributed by atoms with E-state index in [0.29, 0.717) is 43.4 Å². The predicted octanol–water partition coefficient (Wildman–Crippen LogP) is -5.01. The highest BCUT2D eigenvalue weighted by Crippen LogP contribution is 2.22. The Hall–Kier alpha value is -9.86. The highest BCUT2D eigenvalue weighted by Gasteiger charge is 2.41. The molecule has 1 aliphatic rings. The third-order valence-electron chi connectivity index (χ3n) is 15.8. The minimum atomic E-state index is -1.43. The van der Waals surface area contributed by atoms with Crippen molar-refractivity contribution >= 4 is 82.9 Å². The maximum Gasteiger partial charge on any atom is 0.245 e. The van der Waals surface area contributed by atoms with Gasteiger partial charge in [-0.2, -0.15) is 0 Å². The Labute approximate surface area is 565 Å². The summed E-state index contributed by atoms with van der Waals surface area (Å²) in [6.45, 7) is 6.46. The van der Waals surface area contributed by atoms with Crippen LogP contribution in [0.2, 0.25) is 0 Å². The van der Waals surface area contributed by atoms with Gasteiger partial charge in [-0.3, -0.25) is 67.7 Å². The Morgan fingerprint density at radius 1 is 0.536 bits per heavy atom. The number of nitrogens with zero attached hydrogens (tertiary/aromatic N) is 4. The number of aromatic hydroxyl groups is 1. The average molecular weight is 1360 g/mol. The van der Waals surface area contributed by atoms with Crippen molar-refractivity contribution < 1.29 is 57.8 Å². The van der Waals surface area contributed by atoms with Gasteiger partial charge >= 0.3 is 0 Å². The molecule has 0 aromatic heterocycles. The van der Waals surface area contributed by atoms with Crippen LogP contribution in [0.25, 0.3) is 0 Å². The predicted molar refractivity (Wildman–Crippen MR) is 365 cm³/mol. The van der Waals surface area contributed by atoms with Crippen LogP contribution < -0.4 is 99.5 Å². The number of amides is 11. The molecular formula is C63H104N22O12. The molecule has 1 saturated heterocycles. The molecule has 0 spiro atoms. The molecule has 10 atom stereocenters. The summed E-state index contributed by atoms with van der Waals surface area (Å²) in [7, 11) is 0. The number of hydrogen-bond acceptors (Lipinski definition) is 17. The topological polar surface area (TPSA) is 591 Å². The standard InChI is InChI=1S/C63H104N22O12/c1-5-37(4)51(59(96)82-45(20-13-29-75-63(71)72)60(97)85-30-14-21-48(85)58(95)79-42(52(66)89)17-9-10-26-64)84-55(92)44(19-12-28-74-62(69)70)80-54(91)43(18-11-27-73-61(67)68)81-56(93)46(31-36(2)3)83-57(94)47(33-38-15-7-6-8-16-38)78-50(88)35-76-49(87)34-77-53(90)41(65)32-39-22-24-40(86)25-23-39/h6-8,15-16,22-25,36-37,41-48,51,86H,5,9-14,17-21,26-35,64-65H2,1-4H3,(H2,66,89)(H,76,87)(H,77,90)(H,78,88)(H,79,95)(H,80,91)(H,81,93)(H,82,96)(H,83,94)(H,84,92)(H4,67,68,73)(H4,69,70,74)(H4,71,72,75)/t37-,41-,42+,43-,44-,45-,46-,47-,48+,51-/m0/s1. The fraction of sp³-hybridized carbons (Fsp3) is 0.587. The molecule has 11 amide bonds. The highest BCUT2D eigenvalue weighted by molar-refractivity contribution is 5.99. The summed E-state index contributed by atoms with van der Waals surface area (Å²) in [6.07, 6.45) is 2.52. The van der Waals surface area contributed by atoms with Crippen LogP contribution in [0.5, 0.6) is 5.75 Å². The van der Waals surface area contributed by atoms with Crippen molar-refractivity contribution in [3.05, 3.63) is 65.7 Å². The summed E-state index contributed by atoms with van der Waals surface area (Å²) < 4.78 is 0. The Morgan fingerprint density at radius 2 is 1.03 bits per heavy atom. The largest absolute Gasteiger partial charge is 0.508 e. The third-order valence-corrected chi connectivity index (χ3v) is 15.8. The fourth-order valence-corrected chi connectivity index (χ4v) is 10.4. The van der Waals surface area contributed by atoms with Gasteiger partial charge in [0.05, 0.1) is 19.1 Å². The second-order valence-corrected chi connectivity index (χ2v) is 24.3. The van der Waals surface area contributed by atoms with Crippen LogP contribution in [0.1, 0.15) is 122 Å². The zero-order valence-electron chi connectivity index (χ0n) is 56.0. The van der Waals surface area contributed by atoms with Crippen molar-refractivity contribution in [2.75, 3.05) is 45.8 Å². The van der Waals surface area contributed by atoms with E-state index in [1.807, 2.05) is 0 Å². The normalized spacial score (nSPS) is 15.3. The Bertz CT molecular complexity index is 3000. The number of primary amides is 1. The minimum absolute atomic E-state index is 0.00323. The van der Waals surface area contributed by atoms with Crippen LogP contribution in [-0.2, 0) is 65.6 Å². The summed E-state index contributed by atoms with van der Waals surface area (Å²) in [5, 5.41) is 33.4. The second kappa shape index (κ2) is 43.3. The van der Waals surface area contributed by atoms with Crippen molar-refractivity contribution in [1.29, 1.82) is 0 Å². The molecule has 34 heteroatoms. The molecule has 3 rings (SSSR count). The van der Waals surface area contributed by atoms with E-state index in [0.717, 1.165) is 0 Å². The zero-order valence-corrected chi connectivity index (χ0v) is 56.0. The smallest absolute Gasteiger partial charge is 0.245 e. The van der Waals surface area contributed by atoms with E-state index in [1.165, 1.54) is 17.0 Å². The number of guanidine groups is 3. The fourth-order valence-electron chi connectivity index (χ4n) is 10.4. The number of phenols is 1. The summed E-state index contributed by atoms with van der Waals surface area (Å²) in [5.41, 5.74) is 52.2. The van der Waals surface area contributed by atoms with E-state index in [1.54, 1.807) is 70.2 Å². The van der Waals surface area contributed by atoms with E-state index in [2.05, 4.69) is 62.8 Å². The summed E-state index contributed by atoms with van der Waals surface area (Å²) >= 11 is 0. The molecule has 2 aromatic rings. The minimum Gasteiger partial charge on any atom is -0.508 e. The number of carbonyl (C=O) groups is 11. The molecule has 1 heterocycles. The number of likely N-dealkylation sites (tertiary alicyclic amines) is 1. The maximum atomic E-state index is 14.8. The molecule has 0 radical (unpaired) electrons.